The van der Waals surface area contributed by atoms with E-state index >= 15 is 0 Å². The monoisotopic (exact) mass is 387 g/mol. The van der Waals surface area contributed by atoms with Crippen LogP contribution in [-0.2, 0) is 11.3 Å². The molecule has 1 unspecified atom stereocenters. The number of rotatable bonds is 3. The van der Waals surface area contributed by atoms with E-state index < -0.39 is 24.7 Å². The number of ether oxygens (including phenoxy) is 1. The summed E-state index contributed by atoms with van der Waals surface area (Å²) in [7, 11) is 0. The van der Waals surface area contributed by atoms with Crippen LogP contribution in [0.5, 0.6) is 5.75 Å². The lowest BCUT2D eigenvalue weighted by atomic mass is 10.0. The Morgan fingerprint density at radius 2 is 2.04 bits per heavy atom. The molecular weight excluding hydrogens is 367 g/mol. The number of aromatic amines is 1. The van der Waals surface area contributed by atoms with Crippen molar-refractivity contribution in [2.75, 3.05) is 19.8 Å². The van der Waals surface area contributed by atoms with Crippen molar-refractivity contribution in [2.24, 2.45) is 0 Å². The third-order valence-corrected chi connectivity index (χ3v) is 4.62. The van der Waals surface area contributed by atoms with Crippen molar-refractivity contribution in [2.45, 2.75) is 39.5 Å². The number of carbonyl (C=O) groups is 1. The first-order valence-corrected chi connectivity index (χ1v) is 8.33. The van der Waals surface area contributed by atoms with Gasteiger partial charge in [0.05, 0.1) is 24.9 Å². The number of alkyl halides is 3. The van der Waals surface area contributed by atoms with Crippen LogP contribution in [0, 0.1) is 20.8 Å². The fourth-order valence-corrected chi connectivity index (χ4v) is 3.32. The standard InChI is InChI=1S/C16H20F3N5O3/c1-8-12(10(3)24(22-8)7-16(17,18)19)11-6-27-5-4-23(11)15(26)13-14(25)9(2)20-21-13/h11,25H,4-7H2,1-3H3,(H,20,21). The maximum absolute atomic E-state index is 12.9. The van der Waals surface area contributed by atoms with Crippen molar-refractivity contribution in [1.29, 1.82) is 0 Å². The first kappa shape index (κ1) is 19.2. The molecule has 1 aliphatic rings. The fourth-order valence-electron chi connectivity index (χ4n) is 3.32. The van der Waals surface area contributed by atoms with E-state index in [4.69, 9.17) is 4.74 Å². The smallest absolute Gasteiger partial charge is 0.408 e. The SMILES string of the molecule is Cc1n[nH]c(C(=O)N2CCOCC2c2c(C)nn(CC(F)(F)F)c2C)c1O. The number of hydrogen-bond donors (Lipinski definition) is 2. The molecule has 1 aliphatic heterocycles. The molecule has 2 aromatic heterocycles. The summed E-state index contributed by atoms with van der Waals surface area (Å²) in [5.74, 6) is -0.741. The highest BCUT2D eigenvalue weighted by Gasteiger charge is 2.36. The Hall–Kier alpha value is -2.56. The van der Waals surface area contributed by atoms with E-state index in [0.29, 0.717) is 17.0 Å². The van der Waals surface area contributed by atoms with Crippen LogP contribution in [0.15, 0.2) is 0 Å². The van der Waals surface area contributed by atoms with Gasteiger partial charge >= 0.3 is 6.18 Å². The molecule has 1 amide bonds. The summed E-state index contributed by atoms with van der Waals surface area (Å²) in [5, 5.41) is 20.3. The molecule has 0 bridgehead atoms. The fraction of sp³-hybridized carbons (Fsp3) is 0.562. The molecule has 1 fully saturated rings. The highest BCUT2D eigenvalue weighted by Crippen LogP contribution is 2.33. The molecule has 1 saturated heterocycles. The molecule has 8 nitrogen and oxygen atoms in total. The summed E-state index contributed by atoms with van der Waals surface area (Å²) in [6, 6.07) is -0.615. The molecule has 27 heavy (non-hydrogen) atoms. The molecule has 3 rings (SSSR count). The number of morpholine rings is 1. The molecule has 2 aromatic rings. The van der Waals surface area contributed by atoms with Crippen LogP contribution in [0.4, 0.5) is 13.2 Å². The predicted octanol–water partition coefficient (Wildman–Crippen LogP) is 2.01. The van der Waals surface area contributed by atoms with E-state index in [-0.39, 0.29) is 36.9 Å². The molecule has 0 saturated carbocycles. The number of nitrogens with one attached hydrogen (secondary N) is 1. The van der Waals surface area contributed by atoms with Gasteiger partial charge in [-0.15, -0.1) is 0 Å². The van der Waals surface area contributed by atoms with Crippen molar-refractivity contribution in [1.82, 2.24) is 24.9 Å². The molecule has 3 heterocycles. The lowest BCUT2D eigenvalue weighted by molar-refractivity contribution is -0.143. The highest BCUT2D eigenvalue weighted by atomic mass is 19.4. The predicted molar refractivity (Wildman–Crippen MR) is 87.3 cm³/mol. The van der Waals surface area contributed by atoms with Crippen LogP contribution in [0.1, 0.15) is 39.2 Å². The summed E-state index contributed by atoms with van der Waals surface area (Å²) in [5.41, 5.74) is 1.46. The van der Waals surface area contributed by atoms with Gasteiger partial charge in [0.2, 0.25) is 0 Å². The second-order valence-corrected chi connectivity index (χ2v) is 6.48. The van der Waals surface area contributed by atoms with Crippen LogP contribution in [-0.4, -0.2) is 61.8 Å². The van der Waals surface area contributed by atoms with Crippen molar-refractivity contribution in [3.63, 3.8) is 0 Å². The number of H-pyrrole nitrogens is 1. The van der Waals surface area contributed by atoms with E-state index in [1.807, 2.05) is 0 Å². The van der Waals surface area contributed by atoms with Crippen molar-refractivity contribution in [3.8, 4) is 5.75 Å². The number of aromatic hydroxyl groups is 1. The second-order valence-electron chi connectivity index (χ2n) is 6.48. The summed E-state index contributed by atoms with van der Waals surface area (Å²) in [4.78, 5) is 14.4. The average Bonchev–Trinajstić information content (AvgIpc) is 3.05. The summed E-state index contributed by atoms with van der Waals surface area (Å²) >= 11 is 0. The Balaban J connectivity index is 1.97. The molecule has 0 radical (unpaired) electrons. The first-order valence-electron chi connectivity index (χ1n) is 8.33. The largest absolute Gasteiger partial charge is 0.504 e. The number of amides is 1. The first-order chi connectivity index (χ1) is 12.6. The Morgan fingerprint density at radius 3 is 2.63 bits per heavy atom. The number of aryl methyl sites for hydroxylation is 2. The van der Waals surface area contributed by atoms with Crippen molar-refractivity contribution >= 4 is 5.91 Å². The number of halogens is 3. The van der Waals surface area contributed by atoms with Gasteiger partial charge in [-0.1, -0.05) is 0 Å². The molecule has 0 spiro atoms. The molecule has 0 aliphatic carbocycles. The Labute approximate surface area is 152 Å². The summed E-state index contributed by atoms with van der Waals surface area (Å²) in [6.07, 6.45) is -4.40. The van der Waals surface area contributed by atoms with Crippen LogP contribution < -0.4 is 0 Å². The molecule has 2 N–H and O–H groups in total. The van der Waals surface area contributed by atoms with Crippen LogP contribution in [0.25, 0.3) is 0 Å². The highest BCUT2D eigenvalue weighted by molar-refractivity contribution is 5.95. The van der Waals surface area contributed by atoms with Gasteiger partial charge in [0.25, 0.3) is 5.91 Å². The van der Waals surface area contributed by atoms with E-state index in [1.165, 1.54) is 11.8 Å². The third kappa shape index (κ3) is 3.64. The van der Waals surface area contributed by atoms with Gasteiger partial charge in [-0.05, 0) is 20.8 Å². The lowest BCUT2D eigenvalue weighted by Crippen LogP contribution is -2.44. The molecule has 1 atom stereocenters. The normalized spacial score (nSPS) is 18.1. The number of aromatic nitrogens is 4. The van der Waals surface area contributed by atoms with E-state index in [0.717, 1.165) is 4.68 Å². The quantitative estimate of drug-likeness (QED) is 0.840. The number of hydrogen-bond acceptors (Lipinski definition) is 5. The topological polar surface area (TPSA) is 96.3 Å². The Kier molecular flexibility index (Phi) is 4.89. The van der Waals surface area contributed by atoms with E-state index in [9.17, 15) is 23.1 Å². The number of carbonyl (C=O) groups excluding carboxylic acids is 1. The maximum Gasteiger partial charge on any atom is 0.408 e. The lowest BCUT2D eigenvalue weighted by Gasteiger charge is -2.35. The molecular formula is C16H20F3N5O3. The molecule has 0 aromatic carbocycles. The zero-order chi connectivity index (χ0) is 19.9. The van der Waals surface area contributed by atoms with Crippen LogP contribution in [0.2, 0.25) is 0 Å². The summed E-state index contributed by atoms with van der Waals surface area (Å²) < 4.78 is 44.7. The van der Waals surface area contributed by atoms with Crippen LogP contribution in [0.3, 0.4) is 0 Å². The van der Waals surface area contributed by atoms with Gasteiger partial charge in [0.15, 0.2) is 11.4 Å². The van der Waals surface area contributed by atoms with Gasteiger partial charge in [0, 0.05) is 17.8 Å². The van der Waals surface area contributed by atoms with Gasteiger partial charge in [0.1, 0.15) is 12.2 Å². The van der Waals surface area contributed by atoms with Crippen LogP contribution >= 0.6 is 0 Å². The molecule has 11 heteroatoms. The minimum Gasteiger partial charge on any atom is -0.504 e. The van der Waals surface area contributed by atoms with Crippen molar-refractivity contribution < 1.29 is 27.8 Å². The van der Waals surface area contributed by atoms with E-state index in [2.05, 4.69) is 15.3 Å². The van der Waals surface area contributed by atoms with Gasteiger partial charge in [-0.3, -0.25) is 14.6 Å². The number of nitrogens with zero attached hydrogens (tertiary/aromatic N) is 4. The average molecular weight is 387 g/mol. The minimum atomic E-state index is -4.40. The van der Waals surface area contributed by atoms with Crippen molar-refractivity contribution in [3.05, 3.63) is 28.3 Å². The maximum atomic E-state index is 12.9. The third-order valence-electron chi connectivity index (χ3n) is 4.62. The minimum absolute atomic E-state index is 0.0580. The Morgan fingerprint density at radius 1 is 1.33 bits per heavy atom. The zero-order valence-corrected chi connectivity index (χ0v) is 15.1. The molecule has 148 valence electrons. The summed E-state index contributed by atoms with van der Waals surface area (Å²) in [6.45, 7) is 4.12. The Bertz CT molecular complexity index is 858. The second kappa shape index (κ2) is 6.87. The van der Waals surface area contributed by atoms with E-state index in [1.54, 1.807) is 13.8 Å². The van der Waals surface area contributed by atoms with Gasteiger partial charge in [-0.25, -0.2) is 0 Å². The van der Waals surface area contributed by atoms with Gasteiger partial charge in [-0.2, -0.15) is 23.4 Å². The van der Waals surface area contributed by atoms with Gasteiger partial charge < -0.3 is 14.7 Å². The zero-order valence-electron chi connectivity index (χ0n) is 15.1.